The van der Waals surface area contributed by atoms with Crippen LogP contribution in [0.25, 0.3) is 0 Å². The lowest BCUT2D eigenvalue weighted by molar-refractivity contribution is -0.122. The molecule has 0 bridgehead atoms. The van der Waals surface area contributed by atoms with Crippen molar-refractivity contribution in [3.63, 3.8) is 0 Å². The van der Waals surface area contributed by atoms with Crippen LogP contribution in [0.5, 0.6) is 5.75 Å². The first-order valence-corrected chi connectivity index (χ1v) is 11.9. The van der Waals surface area contributed by atoms with Crippen molar-refractivity contribution >= 4 is 40.0 Å². The number of nitrogens with one attached hydrogen (secondary N) is 1. The summed E-state index contributed by atoms with van der Waals surface area (Å²) in [7, 11) is 0. The van der Waals surface area contributed by atoms with E-state index in [-0.39, 0.29) is 23.0 Å². The number of thiazole rings is 1. The van der Waals surface area contributed by atoms with Gasteiger partial charge in [-0.15, -0.1) is 11.3 Å². The molecule has 2 aromatic heterocycles. The van der Waals surface area contributed by atoms with Crippen LogP contribution in [0.4, 0.5) is 14.6 Å². The van der Waals surface area contributed by atoms with Gasteiger partial charge in [0, 0.05) is 17.1 Å². The number of ether oxygens (including phenoxy) is 2. The SMILES string of the molecule is CC[C@@]1(C)C[C@H]2CSC(N)=N[C@@]2(c2nc(NC(=O)c3ccc(OC(F)F)cn3)cs2)CO1. The molecular formula is C20H23F2N5O3S2. The number of halogens is 2. The minimum absolute atomic E-state index is 0.0493. The summed E-state index contributed by atoms with van der Waals surface area (Å²) in [6.45, 7) is 1.64. The second kappa shape index (κ2) is 8.91. The van der Waals surface area contributed by atoms with Crippen LogP contribution in [0.15, 0.2) is 28.7 Å². The highest BCUT2D eigenvalue weighted by molar-refractivity contribution is 8.13. The van der Waals surface area contributed by atoms with Crippen molar-refractivity contribution in [3.8, 4) is 5.75 Å². The number of carbonyl (C=O) groups is 1. The molecule has 0 saturated carbocycles. The summed E-state index contributed by atoms with van der Waals surface area (Å²) >= 11 is 2.93. The summed E-state index contributed by atoms with van der Waals surface area (Å²) in [5.41, 5.74) is 5.23. The molecule has 2 aliphatic rings. The predicted octanol–water partition coefficient (Wildman–Crippen LogP) is 3.85. The van der Waals surface area contributed by atoms with E-state index in [0.29, 0.717) is 17.6 Å². The van der Waals surface area contributed by atoms with Gasteiger partial charge in [-0.3, -0.25) is 4.79 Å². The van der Waals surface area contributed by atoms with E-state index in [1.54, 1.807) is 17.1 Å². The van der Waals surface area contributed by atoms with Gasteiger partial charge in [-0.25, -0.2) is 15.0 Å². The molecule has 2 aliphatic heterocycles. The summed E-state index contributed by atoms with van der Waals surface area (Å²) in [5, 5.41) is 5.65. The average molecular weight is 484 g/mol. The second-order valence-electron chi connectivity index (χ2n) is 7.93. The van der Waals surface area contributed by atoms with E-state index in [2.05, 4.69) is 33.9 Å². The number of amidine groups is 1. The van der Waals surface area contributed by atoms with Gasteiger partial charge in [-0.05, 0) is 31.9 Å². The number of hydrogen-bond donors (Lipinski definition) is 2. The van der Waals surface area contributed by atoms with Crippen molar-refractivity contribution in [2.75, 3.05) is 17.7 Å². The van der Waals surface area contributed by atoms with E-state index in [4.69, 9.17) is 15.5 Å². The molecular weight excluding hydrogens is 460 g/mol. The first kappa shape index (κ1) is 22.9. The van der Waals surface area contributed by atoms with E-state index in [1.165, 1.54) is 23.5 Å². The topological polar surface area (TPSA) is 112 Å². The van der Waals surface area contributed by atoms with Crippen molar-refractivity contribution in [1.29, 1.82) is 0 Å². The monoisotopic (exact) mass is 483 g/mol. The van der Waals surface area contributed by atoms with Gasteiger partial charge in [-0.2, -0.15) is 8.78 Å². The van der Waals surface area contributed by atoms with E-state index in [1.807, 2.05) is 0 Å². The Morgan fingerprint density at radius 2 is 2.28 bits per heavy atom. The van der Waals surface area contributed by atoms with Crippen molar-refractivity contribution in [1.82, 2.24) is 9.97 Å². The molecule has 4 heterocycles. The zero-order valence-electron chi connectivity index (χ0n) is 17.5. The summed E-state index contributed by atoms with van der Waals surface area (Å²) < 4.78 is 35.0. The highest BCUT2D eigenvalue weighted by Crippen LogP contribution is 2.50. The Kier molecular flexibility index (Phi) is 6.37. The van der Waals surface area contributed by atoms with Gasteiger partial charge in [0.1, 0.15) is 27.8 Å². The molecule has 1 amide bonds. The van der Waals surface area contributed by atoms with Gasteiger partial charge in [0.15, 0.2) is 5.17 Å². The molecule has 0 unspecified atom stereocenters. The third kappa shape index (κ3) is 4.57. The number of alkyl halides is 2. The summed E-state index contributed by atoms with van der Waals surface area (Å²) in [6, 6.07) is 2.56. The number of carbonyl (C=O) groups excluding carboxylic acids is 1. The molecule has 1 fully saturated rings. The maximum absolute atomic E-state index is 12.5. The van der Waals surface area contributed by atoms with Crippen LogP contribution >= 0.6 is 23.1 Å². The van der Waals surface area contributed by atoms with Crippen LogP contribution in [0.1, 0.15) is 42.2 Å². The molecule has 1 saturated heterocycles. The lowest BCUT2D eigenvalue weighted by atomic mass is 9.75. The Balaban J connectivity index is 1.52. The van der Waals surface area contributed by atoms with E-state index in [9.17, 15) is 13.6 Å². The van der Waals surface area contributed by atoms with Gasteiger partial charge < -0.3 is 20.5 Å². The zero-order chi connectivity index (χ0) is 22.9. The largest absolute Gasteiger partial charge is 0.433 e. The number of pyridine rings is 1. The number of thioether (sulfide) groups is 1. The quantitative estimate of drug-likeness (QED) is 0.642. The van der Waals surface area contributed by atoms with E-state index in [0.717, 1.165) is 29.8 Å². The Labute approximate surface area is 192 Å². The molecule has 2 aromatic rings. The van der Waals surface area contributed by atoms with E-state index < -0.39 is 18.1 Å². The fourth-order valence-corrected chi connectivity index (χ4v) is 5.77. The minimum Gasteiger partial charge on any atom is -0.433 e. The van der Waals surface area contributed by atoms with Crippen LogP contribution in [-0.2, 0) is 10.3 Å². The molecule has 172 valence electrons. The Morgan fingerprint density at radius 3 is 2.97 bits per heavy atom. The molecule has 0 spiro atoms. The van der Waals surface area contributed by atoms with Crippen LogP contribution in [0, 0.1) is 5.92 Å². The summed E-state index contributed by atoms with van der Waals surface area (Å²) in [5.74, 6) is 0.748. The van der Waals surface area contributed by atoms with Gasteiger partial charge in [0.2, 0.25) is 0 Å². The first-order valence-electron chi connectivity index (χ1n) is 10.0. The van der Waals surface area contributed by atoms with Gasteiger partial charge >= 0.3 is 6.61 Å². The van der Waals surface area contributed by atoms with Gasteiger partial charge in [-0.1, -0.05) is 18.7 Å². The van der Waals surface area contributed by atoms with Crippen molar-refractivity contribution in [2.24, 2.45) is 16.6 Å². The highest BCUT2D eigenvalue weighted by Gasteiger charge is 2.52. The third-order valence-corrected chi connectivity index (χ3v) is 7.76. The normalized spacial score (nSPS) is 27.5. The lowest BCUT2D eigenvalue weighted by Crippen LogP contribution is -2.53. The van der Waals surface area contributed by atoms with Crippen LogP contribution in [0.3, 0.4) is 0 Å². The Morgan fingerprint density at radius 1 is 1.47 bits per heavy atom. The molecule has 32 heavy (non-hydrogen) atoms. The number of rotatable bonds is 6. The number of anilines is 1. The number of nitrogens with zero attached hydrogens (tertiary/aromatic N) is 3. The number of amides is 1. The number of nitrogens with two attached hydrogens (primary N) is 1. The maximum atomic E-state index is 12.5. The molecule has 3 N–H and O–H groups in total. The summed E-state index contributed by atoms with van der Waals surface area (Å²) in [4.78, 5) is 25.8. The van der Waals surface area contributed by atoms with Crippen LogP contribution in [0.2, 0.25) is 0 Å². The molecule has 0 aromatic carbocycles. The highest BCUT2D eigenvalue weighted by atomic mass is 32.2. The molecule has 4 rings (SSSR count). The standard InChI is InChI=1S/C20H23F2N5O3S2/c1-3-19(2)6-11-8-32-18(23)27-20(11,10-29-19)16-26-14(9-31-16)25-15(28)13-5-4-12(7-24-13)30-17(21)22/h4-5,7,9,11,17H,3,6,8,10H2,1-2H3,(H2,23,27)(H,25,28)/t11-,19-,20-/m0/s1. The molecule has 0 aliphatic carbocycles. The molecule has 12 heteroatoms. The third-order valence-electron chi connectivity index (χ3n) is 5.79. The van der Waals surface area contributed by atoms with E-state index >= 15 is 0 Å². The predicted molar refractivity (Wildman–Crippen MR) is 119 cm³/mol. The average Bonchev–Trinajstić information content (AvgIpc) is 3.23. The molecule has 3 atom stereocenters. The Bertz CT molecular complexity index is 1020. The van der Waals surface area contributed by atoms with Crippen molar-refractivity contribution < 1.29 is 23.0 Å². The molecule has 8 nitrogen and oxygen atoms in total. The number of fused-ring (bicyclic) bond motifs is 1. The zero-order valence-corrected chi connectivity index (χ0v) is 19.1. The minimum atomic E-state index is -2.96. The van der Waals surface area contributed by atoms with Crippen molar-refractivity contribution in [2.45, 2.75) is 44.4 Å². The summed E-state index contributed by atoms with van der Waals surface area (Å²) in [6.07, 6.45) is 2.81. The lowest BCUT2D eigenvalue weighted by Gasteiger charge is -2.48. The number of aliphatic imine (C=N–C) groups is 1. The van der Waals surface area contributed by atoms with Gasteiger partial charge in [0.25, 0.3) is 5.91 Å². The molecule has 0 radical (unpaired) electrons. The van der Waals surface area contributed by atoms with Crippen molar-refractivity contribution in [3.05, 3.63) is 34.4 Å². The Hall–Kier alpha value is -2.31. The number of hydrogen-bond acceptors (Lipinski definition) is 9. The van der Waals surface area contributed by atoms with Gasteiger partial charge in [0.05, 0.1) is 18.4 Å². The van der Waals surface area contributed by atoms with Crippen LogP contribution < -0.4 is 15.8 Å². The van der Waals surface area contributed by atoms with Crippen LogP contribution in [-0.4, -0.2) is 45.6 Å². The maximum Gasteiger partial charge on any atom is 0.387 e. The first-order chi connectivity index (χ1) is 15.2. The smallest absolute Gasteiger partial charge is 0.387 e. The fourth-order valence-electron chi connectivity index (χ4n) is 3.81. The fraction of sp³-hybridized carbons (Fsp3) is 0.500. The second-order valence-corrected chi connectivity index (χ2v) is 9.83. The number of aromatic nitrogens is 2.